The summed E-state index contributed by atoms with van der Waals surface area (Å²) in [6, 6.07) is 15.6. The van der Waals surface area contributed by atoms with Crippen LogP contribution in [0.15, 0.2) is 54.6 Å². The van der Waals surface area contributed by atoms with Gasteiger partial charge >= 0.3 is 5.97 Å². The molecule has 0 heterocycles. The summed E-state index contributed by atoms with van der Waals surface area (Å²) >= 11 is 0. The van der Waals surface area contributed by atoms with Crippen LogP contribution in [0.1, 0.15) is 55.2 Å². The van der Waals surface area contributed by atoms with Gasteiger partial charge in [-0.2, -0.15) is 0 Å². The first-order chi connectivity index (χ1) is 14.3. The van der Waals surface area contributed by atoms with Crippen molar-refractivity contribution in [1.29, 1.82) is 0 Å². The molecule has 1 unspecified atom stereocenters. The van der Waals surface area contributed by atoms with Crippen LogP contribution in [-0.4, -0.2) is 30.4 Å². The molecule has 2 rings (SSSR count). The molecule has 0 spiro atoms. The van der Waals surface area contributed by atoms with Crippen LogP contribution in [0.25, 0.3) is 0 Å². The normalized spacial score (nSPS) is 12.7. The standard InChI is InChI=1S/C24H30N2O4/c1-5-18-11-13-19(14-12-18)17(4)25-21(27)15-30-24(29)22(16(2)3)26-23(28)20-9-7-6-8-10-20/h6-14,16-17,22H,5,15H2,1-4H3,(H,25,27)(H,26,28)/t17?,22-/m0/s1. The van der Waals surface area contributed by atoms with Crippen molar-refractivity contribution in [3.8, 4) is 0 Å². The van der Waals surface area contributed by atoms with Crippen LogP contribution in [-0.2, 0) is 20.7 Å². The maximum Gasteiger partial charge on any atom is 0.329 e. The van der Waals surface area contributed by atoms with Gasteiger partial charge in [-0.25, -0.2) is 4.79 Å². The van der Waals surface area contributed by atoms with Crippen LogP contribution in [0.2, 0.25) is 0 Å². The molecule has 2 amide bonds. The average Bonchev–Trinajstić information content (AvgIpc) is 2.76. The largest absolute Gasteiger partial charge is 0.454 e. The molecule has 6 nitrogen and oxygen atoms in total. The van der Waals surface area contributed by atoms with Crippen molar-refractivity contribution in [2.45, 2.75) is 46.2 Å². The van der Waals surface area contributed by atoms with E-state index in [0.717, 1.165) is 12.0 Å². The Morgan fingerprint density at radius 3 is 2.10 bits per heavy atom. The van der Waals surface area contributed by atoms with Gasteiger partial charge in [-0.05, 0) is 42.5 Å². The first kappa shape index (κ1) is 23.1. The molecule has 0 fully saturated rings. The number of benzene rings is 2. The first-order valence-corrected chi connectivity index (χ1v) is 10.2. The predicted molar refractivity (Wildman–Crippen MR) is 116 cm³/mol. The SMILES string of the molecule is CCc1ccc(C(C)NC(=O)COC(=O)[C@@H](NC(=O)c2ccccc2)C(C)C)cc1. The van der Waals surface area contributed by atoms with E-state index in [1.807, 2.05) is 37.3 Å². The van der Waals surface area contributed by atoms with Crippen molar-refractivity contribution in [1.82, 2.24) is 10.6 Å². The Morgan fingerprint density at radius 2 is 1.53 bits per heavy atom. The Bertz CT molecular complexity index is 847. The van der Waals surface area contributed by atoms with E-state index in [2.05, 4.69) is 17.6 Å². The van der Waals surface area contributed by atoms with Gasteiger partial charge in [0.2, 0.25) is 0 Å². The van der Waals surface area contributed by atoms with Gasteiger partial charge in [-0.15, -0.1) is 0 Å². The van der Waals surface area contributed by atoms with Gasteiger partial charge in [-0.1, -0.05) is 63.2 Å². The number of hydrogen-bond acceptors (Lipinski definition) is 4. The van der Waals surface area contributed by atoms with Crippen molar-refractivity contribution in [3.05, 3.63) is 71.3 Å². The van der Waals surface area contributed by atoms with E-state index in [9.17, 15) is 14.4 Å². The molecular formula is C24H30N2O4. The summed E-state index contributed by atoms with van der Waals surface area (Å²) in [6.45, 7) is 7.16. The summed E-state index contributed by atoms with van der Waals surface area (Å²) in [5.74, 6) is -1.58. The smallest absolute Gasteiger partial charge is 0.329 e. The van der Waals surface area contributed by atoms with Gasteiger partial charge in [0.1, 0.15) is 6.04 Å². The van der Waals surface area contributed by atoms with E-state index in [-0.39, 0.29) is 17.9 Å². The minimum absolute atomic E-state index is 0.191. The molecule has 2 aromatic carbocycles. The Balaban J connectivity index is 1.87. The number of nitrogens with one attached hydrogen (secondary N) is 2. The Labute approximate surface area is 178 Å². The molecule has 0 aliphatic heterocycles. The summed E-state index contributed by atoms with van der Waals surface area (Å²) in [5, 5.41) is 5.51. The molecule has 2 atom stereocenters. The molecule has 0 radical (unpaired) electrons. The van der Waals surface area contributed by atoms with Crippen LogP contribution >= 0.6 is 0 Å². The highest BCUT2D eigenvalue weighted by atomic mass is 16.5. The molecule has 0 bridgehead atoms. The van der Waals surface area contributed by atoms with Crippen LogP contribution in [0.4, 0.5) is 0 Å². The molecule has 0 aromatic heterocycles. The zero-order valence-corrected chi connectivity index (χ0v) is 18.0. The second kappa shape index (κ2) is 11.1. The summed E-state index contributed by atoms with van der Waals surface area (Å²) in [4.78, 5) is 37.0. The lowest BCUT2D eigenvalue weighted by Gasteiger charge is -2.21. The lowest BCUT2D eigenvalue weighted by Crippen LogP contribution is -2.46. The lowest BCUT2D eigenvalue weighted by atomic mass is 10.0. The zero-order chi connectivity index (χ0) is 22.1. The summed E-state index contributed by atoms with van der Waals surface area (Å²) in [6.07, 6.45) is 0.953. The molecule has 0 saturated heterocycles. The second-order valence-electron chi connectivity index (χ2n) is 7.55. The minimum atomic E-state index is -0.843. The number of carbonyl (C=O) groups excluding carboxylic acids is 3. The fourth-order valence-electron chi connectivity index (χ4n) is 2.95. The van der Waals surface area contributed by atoms with Crippen LogP contribution < -0.4 is 10.6 Å². The Hall–Kier alpha value is -3.15. The van der Waals surface area contributed by atoms with Gasteiger partial charge in [-0.3, -0.25) is 9.59 Å². The van der Waals surface area contributed by atoms with Crippen LogP contribution in [0.5, 0.6) is 0 Å². The lowest BCUT2D eigenvalue weighted by molar-refractivity contribution is -0.151. The molecular weight excluding hydrogens is 380 g/mol. The first-order valence-electron chi connectivity index (χ1n) is 10.2. The van der Waals surface area contributed by atoms with E-state index in [1.54, 1.807) is 38.1 Å². The van der Waals surface area contributed by atoms with E-state index in [0.29, 0.717) is 5.56 Å². The Kier molecular flexibility index (Phi) is 8.59. The molecule has 0 aliphatic rings. The van der Waals surface area contributed by atoms with Crippen LogP contribution in [0, 0.1) is 5.92 Å². The number of rotatable bonds is 9. The number of aryl methyl sites for hydroxylation is 1. The number of carbonyl (C=O) groups is 3. The topological polar surface area (TPSA) is 84.5 Å². The van der Waals surface area contributed by atoms with Crippen molar-refractivity contribution in [2.24, 2.45) is 5.92 Å². The molecule has 2 N–H and O–H groups in total. The number of amides is 2. The fraction of sp³-hybridized carbons (Fsp3) is 0.375. The summed E-state index contributed by atoms with van der Waals surface area (Å²) in [7, 11) is 0. The van der Waals surface area contributed by atoms with Gasteiger partial charge in [0, 0.05) is 5.56 Å². The monoisotopic (exact) mass is 410 g/mol. The maximum absolute atomic E-state index is 12.5. The van der Waals surface area contributed by atoms with Crippen molar-refractivity contribution in [3.63, 3.8) is 0 Å². The predicted octanol–water partition coefficient (Wildman–Crippen LogP) is 3.42. The summed E-state index contributed by atoms with van der Waals surface area (Å²) < 4.78 is 5.17. The third-order valence-corrected chi connectivity index (χ3v) is 4.85. The third-order valence-electron chi connectivity index (χ3n) is 4.85. The van der Waals surface area contributed by atoms with E-state index in [4.69, 9.17) is 4.74 Å². The van der Waals surface area contributed by atoms with Gasteiger partial charge in [0.25, 0.3) is 11.8 Å². The van der Waals surface area contributed by atoms with Crippen molar-refractivity contribution >= 4 is 17.8 Å². The molecule has 30 heavy (non-hydrogen) atoms. The fourth-order valence-corrected chi connectivity index (χ4v) is 2.95. The highest BCUT2D eigenvalue weighted by Crippen LogP contribution is 2.14. The number of hydrogen-bond donors (Lipinski definition) is 2. The molecule has 0 aliphatic carbocycles. The Morgan fingerprint density at radius 1 is 0.900 bits per heavy atom. The second-order valence-corrected chi connectivity index (χ2v) is 7.55. The molecule has 2 aromatic rings. The molecule has 0 saturated carbocycles. The average molecular weight is 411 g/mol. The zero-order valence-electron chi connectivity index (χ0n) is 18.0. The number of esters is 1. The highest BCUT2D eigenvalue weighted by molar-refractivity contribution is 5.97. The van der Waals surface area contributed by atoms with Crippen LogP contribution in [0.3, 0.4) is 0 Å². The quantitative estimate of drug-likeness (QED) is 0.621. The van der Waals surface area contributed by atoms with Gasteiger partial charge in [0.05, 0.1) is 6.04 Å². The van der Waals surface area contributed by atoms with E-state index >= 15 is 0 Å². The highest BCUT2D eigenvalue weighted by Gasteiger charge is 2.27. The summed E-state index contributed by atoms with van der Waals surface area (Å²) in [5.41, 5.74) is 2.65. The molecule has 160 valence electrons. The van der Waals surface area contributed by atoms with Crippen molar-refractivity contribution < 1.29 is 19.1 Å². The maximum atomic E-state index is 12.5. The third kappa shape index (κ3) is 6.72. The minimum Gasteiger partial charge on any atom is -0.454 e. The van der Waals surface area contributed by atoms with E-state index in [1.165, 1.54) is 5.56 Å². The van der Waals surface area contributed by atoms with Gasteiger partial charge < -0.3 is 15.4 Å². The molecule has 6 heteroatoms. The van der Waals surface area contributed by atoms with E-state index < -0.39 is 24.5 Å². The van der Waals surface area contributed by atoms with Crippen molar-refractivity contribution in [2.75, 3.05) is 6.61 Å². The number of ether oxygens (including phenoxy) is 1. The van der Waals surface area contributed by atoms with Gasteiger partial charge in [0.15, 0.2) is 6.61 Å².